The topological polar surface area (TPSA) is 40.5 Å². The largest absolute Gasteiger partial charge is 0.480 e. The number of carboxylic acid groups (broad SMARTS) is 1. The molecule has 1 aliphatic carbocycles. The molecule has 0 bridgehead atoms. The summed E-state index contributed by atoms with van der Waals surface area (Å²) in [6.45, 7) is 7.63. The number of aliphatic carboxylic acids is 1. The minimum Gasteiger partial charge on any atom is -0.480 e. The SMILES string of the molecule is CCC1(C(=O)O)CCCN1C1CCC(C)CC1C. The summed E-state index contributed by atoms with van der Waals surface area (Å²) in [5.74, 6) is 0.838. The molecule has 3 heteroatoms. The standard InChI is InChI=1S/C15H27NO2/c1-4-15(14(17)18)8-5-9-16(15)13-7-6-11(2)10-12(13)3/h11-13H,4-10H2,1-3H3,(H,17,18). The Kier molecular flexibility index (Phi) is 4.00. The Labute approximate surface area is 111 Å². The van der Waals surface area contributed by atoms with Gasteiger partial charge in [0.1, 0.15) is 5.54 Å². The van der Waals surface area contributed by atoms with E-state index in [-0.39, 0.29) is 0 Å². The first kappa shape index (κ1) is 13.9. The molecule has 0 radical (unpaired) electrons. The second-order valence-corrected chi connectivity index (χ2v) is 6.45. The lowest BCUT2D eigenvalue weighted by molar-refractivity contribution is -0.152. The first-order valence-electron chi connectivity index (χ1n) is 7.51. The summed E-state index contributed by atoms with van der Waals surface area (Å²) >= 11 is 0. The van der Waals surface area contributed by atoms with Gasteiger partial charge in [0.05, 0.1) is 0 Å². The van der Waals surface area contributed by atoms with Crippen LogP contribution in [0, 0.1) is 11.8 Å². The number of rotatable bonds is 3. The Morgan fingerprint density at radius 3 is 2.67 bits per heavy atom. The fraction of sp³-hybridized carbons (Fsp3) is 0.933. The van der Waals surface area contributed by atoms with E-state index >= 15 is 0 Å². The molecule has 1 heterocycles. The molecule has 0 aromatic heterocycles. The number of likely N-dealkylation sites (tertiary alicyclic amines) is 1. The number of nitrogens with zero attached hydrogens (tertiary/aromatic N) is 1. The summed E-state index contributed by atoms with van der Waals surface area (Å²) in [5, 5.41) is 9.66. The summed E-state index contributed by atoms with van der Waals surface area (Å²) in [4.78, 5) is 14.1. The molecule has 18 heavy (non-hydrogen) atoms. The molecular formula is C15H27NO2. The molecule has 0 amide bonds. The molecule has 1 saturated heterocycles. The molecule has 2 aliphatic rings. The van der Waals surface area contributed by atoms with E-state index in [0.717, 1.165) is 31.7 Å². The average Bonchev–Trinajstić information content (AvgIpc) is 2.73. The van der Waals surface area contributed by atoms with Gasteiger partial charge in [0, 0.05) is 6.04 Å². The van der Waals surface area contributed by atoms with Crippen molar-refractivity contribution in [2.24, 2.45) is 11.8 Å². The number of hydrogen-bond acceptors (Lipinski definition) is 2. The van der Waals surface area contributed by atoms with E-state index in [9.17, 15) is 9.90 Å². The molecule has 1 N–H and O–H groups in total. The molecule has 4 unspecified atom stereocenters. The molecule has 1 aliphatic heterocycles. The lowest BCUT2D eigenvalue weighted by atomic mass is 9.77. The van der Waals surface area contributed by atoms with Crippen LogP contribution in [0.2, 0.25) is 0 Å². The van der Waals surface area contributed by atoms with Gasteiger partial charge in [0.15, 0.2) is 0 Å². The normalized spacial score (nSPS) is 42.1. The van der Waals surface area contributed by atoms with E-state index in [1.165, 1.54) is 19.3 Å². The predicted molar refractivity (Wildman–Crippen MR) is 72.6 cm³/mol. The van der Waals surface area contributed by atoms with E-state index in [2.05, 4.69) is 18.7 Å². The van der Waals surface area contributed by atoms with Gasteiger partial charge in [-0.05, 0) is 56.9 Å². The van der Waals surface area contributed by atoms with Crippen LogP contribution in [0.4, 0.5) is 0 Å². The maximum absolute atomic E-state index is 11.7. The van der Waals surface area contributed by atoms with Crippen LogP contribution in [-0.4, -0.2) is 34.1 Å². The summed E-state index contributed by atoms with van der Waals surface area (Å²) < 4.78 is 0. The van der Waals surface area contributed by atoms with Gasteiger partial charge in [-0.1, -0.05) is 20.8 Å². The number of carboxylic acids is 1. The maximum Gasteiger partial charge on any atom is 0.324 e. The molecule has 1 saturated carbocycles. The van der Waals surface area contributed by atoms with E-state index < -0.39 is 11.5 Å². The van der Waals surface area contributed by atoms with Crippen molar-refractivity contribution in [2.75, 3.05) is 6.54 Å². The lowest BCUT2D eigenvalue weighted by Crippen LogP contribution is -2.56. The number of carbonyl (C=O) groups is 1. The highest BCUT2D eigenvalue weighted by Gasteiger charge is 2.50. The van der Waals surface area contributed by atoms with Gasteiger partial charge in [-0.2, -0.15) is 0 Å². The molecule has 4 atom stereocenters. The number of hydrogen-bond donors (Lipinski definition) is 1. The van der Waals surface area contributed by atoms with Crippen molar-refractivity contribution in [3.63, 3.8) is 0 Å². The molecule has 104 valence electrons. The first-order valence-corrected chi connectivity index (χ1v) is 7.51. The molecule has 0 aromatic carbocycles. The van der Waals surface area contributed by atoms with Crippen LogP contribution in [0.5, 0.6) is 0 Å². The van der Waals surface area contributed by atoms with Gasteiger partial charge in [-0.15, -0.1) is 0 Å². The Morgan fingerprint density at radius 2 is 2.11 bits per heavy atom. The van der Waals surface area contributed by atoms with Crippen LogP contribution < -0.4 is 0 Å². The Balaban J connectivity index is 2.18. The molecule has 2 rings (SSSR count). The van der Waals surface area contributed by atoms with Crippen molar-refractivity contribution in [1.82, 2.24) is 4.90 Å². The Bertz CT molecular complexity index is 318. The molecular weight excluding hydrogens is 226 g/mol. The fourth-order valence-electron chi connectivity index (χ4n) is 4.26. The van der Waals surface area contributed by atoms with E-state index in [0.29, 0.717) is 12.0 Å². The zero-order valence-corrected chi connectivity index (χ0v) is 12.0. The molecule has 3 nitrogen and oxygen atoms in total. The van der Waals surface area contributed by atoms with Crippen LogP contribution in [0.25, 0.3) is 0 Å². The minimum atomic E-state index is -0.603. The first-order chi connectivity index (χ1) is 8.51. The highest BCUT2D eigenvalue weighted by Crippen LogP contribution is 2.41. The van der Waals surface area contributed by atoms with Crippen LogP contribution in [0.3, 0.4) is 0 Å². The highest BCUT2D eigenvalue weighted by molar-refractivity contribution is 5.79. The van der Waals surface area contributed by atoms with Crippen LogP contribution in [0.1, 0.15) is 59.3 Å². The van der Waals surface area contributed by atoms with Gasteiger partial charge < -0.3 is 5.11 Å². The third kappa shape index (κ3) is 2.18. The van der Waals surface area contributed by atoms with E-state index in [1.807, 2.05) is 6.92 Å². The minimum absolute atomic E-state index is 0.486. The summed E-state index contributed by atoms with van der Waals surface area (Å²) in [6.07, 6.45) is 6.29. The second-order valence-electron chi connectivity index (χ2n) is 6.45. The molecule has 2 fully saturated rings. The summed E-state index contributed by atoms with van der Waals surface area (Å²) in [7, 11) is 0. The summed E-state index contributed by atoms with van der Waals surface area (Å²) in [6, 6.07) is 0.486. The van der Waals surface area contributed by atoms with Crippen molar-refractivity contribution in [1.29, 1.82) is 0 Å². The van der Waals surface area contributed by atoms with Crippen LogP contribution in [0.15, 0.2) is 0 Å². The van der Waals surface area contributed by atoms with Crippen molar-refractivity contribution in [3.8, 4) is 0 Å². The quantitative estimate of drug-likeness (QED) is 0.840. The van der Waals surface area contributed by atoms with Crippen LogP contribution in [-0.2, 0) is 4.79 Å². The monoisotopic (exact) mass is 253 g/mol. The Hall–Kier alpha value is -0.570. The zero-order valence-electron chi connectivity index (χ0n) is 12.0. The van der Waals surface area contributed by atoms with Gasteiger partial charge in [-0.3, -0.25) is 9.69 Å². The van der Waals surface area contributed by atoms with Crippen molar-refractivity contribution >= 4 is 5.97 Å². The van der Waals surface area contributed by atoms with Crippen LogP contribution >= 0.6 is 0 Å². The molecule has 0 spiro atoms. The second kappa shape index (κ2) is 5.20. The fourth-order valence-corrected chi connectivity index (χ4v) is 4.26. The predicted octanol–water partition coefficient (Wildman–Crippen LogP) is 3.14. The summed E-state index contributed by atoms with van der Waals surface area (Å²) in [5.41, 5.74) is -0.570. The third-order valence-electron chi connectivity index (χ3n) is 5.31. The van der Waals surface area contributed by atoms with Gasteiger partial charge in [0.2, 0.25) is 0 Å². The van der Waals surface area contributed by atoms with Gasteiger partial charge >= 0.3 is 5.97 Å². The average molecular weight is 253 g/mol. The van der Waals surface area contributed by atoms with Crippen molar-refractivity contribution < 1.29 is 9.90 Å². The van der Waals surface area contributed by atoms with Gasteiger partial charge in [-0.25, -0.2) is 0 Å². The van der Waals surface area contributed by atoms with Crippen molar-refractivity contribution in [2.45, 2.75) is 70.9 Å². The highest BCUT2D eigenvalue weighted by atomic mass is 16.4. The molecule has 0 aromatic rings. The maximum atomic E-state index is 11.7. The van der Waals surface area contributed by atoms with E-state index in [1.54, 1.807) is 0 Å². The lowest BCUT2D eigenvalue weighted by Gasteiger charge is -2.45. The third-order valence-corrected chi connectivity index (χ3v) is 5.31. The van der Waals surface area contributed by atoms with Crippen molar-refractivity contribution in [3.05, 3.63) is 0 Å². The van der Waals surface area contributed by atoms with Gasteiger partial charge in [0.25, 0.3) is 0 Å². The van der Waals surface area contributed by atoms with E-state index in [4.69, 9.17) is 0 Å². The smallest absolute Gasteiger partial charge is 0.324 e. The Morgan fingerprint density at radius 1 is 1.39 bits per heavy atom. The zero-order chi connectivity index (χ0) is 13.3.